The van der Waals surface area contributed by atoms with Gasteiger partial charge in [0.05, 0.1) is 13.2 Å². The highest BCUT2D eigenvalue weighted by molar-refractivity contribution is 5.84. The molecule has 0 spiro atoms. The van der Waals surface area contributed by atoms with Gasteiger partial charge in [-0.25, -0.2) is 0 Å². The summed E-state index contributed by atoms with van der Waals surface area (Å²) in [5, 5.41) is 65.0. The van der Waals surface area contributed by atoms with Crippen LogP contribution in [-0.2, 0) is 14.3 Å². The topological polar surface area (TPSA) is 177 Å². The molecule has 0 bridgehead atoms. The van der Waals surface area contributed by atoms with E-state index in [0.717, 1.165) is 0 Å². The summed E-state index contributed by atoms with van der Waals surface area (Å²) >= 11 is 0. The lowest BCUT2D eigenvalue weighted by atomic mass is 10.0. The van der Waals surface area contributed by atoms with Crippen molar-refractivity contribution < 1.29 is 50.0 Å². The number of aliphatic hydroxyl groups excluding tert-OH is 7. The quantitative estimate of drug-likeness (QED) is 0.241. The number of hydrogen-bond donors (Lipinski definition) is 7. The number of carbonyl (C=O) groups excluding carboxylic acids is 1. The molecule has 0 aromatic carbocycles. The number of aliphatic hydroxyl groups is 7. The Labute approximate surface area is 119 Å². The fraction of sp³-hybridized carbons (Fsp3) is 0.909. The van der Waals surface area contributed by atoms with Crippen LogP contribution >= 0.6 is 0 Å². The lowest BCUT2D eigenvalue weighted by Gasteiger charge is -2.35. The minimum atomic E-state index is -1.99. The molecular formula is C11H20O10. The van der Waals surface area contributed by atoms with Crippen LogP contribution in [0.3, 0.4) is 0 Å². The van der Waals surface area contributed by atoms with Gasteiger partial charge in [-0.05, 0) is 0 Å². The number of Topliss-reactive ketones (excluding diaryl/α,β-unsaturated/α-hetero) is 1. The summed E-state index contributed by atoms with van der Waals surface area (Å²) in [6.45, 7) is -1.92. The van der Waals surface area contributed by atoms with E-state index in [1.165, 1.54) is 0 Å². The molecule has 7 atom stereocenters. The van der Waals surface area contributed by atoms with Crippen LogP contribution in [0.2, 0.25) is 0 Å². The maximum Gasteiger partial charge on any atom is 0.189 e. The van der Waals surface area contributed by atoms with Crippen molar-refractivity contribution in [2.75, 3.05) is 19.8 Å². The van der Waals surface area contributed by atoms with Gasteiger partial charge >= 0.3 is 0 Å². The van der Waals surface area contributed by atoms with E-state index in [-0.39, 0.29) is 6.61 Å². The van der Waals surface area contributed by atoms with Crippen LogP contribution in [-0.4, -0.2) is 104 Å². The van der Waals surface area contributed by atoms with Gasteiger partial charge < -0.3 is 45.2 Å². The molecule has 1 rings (SSSR count). The average Bonchev–Trinajstić information content (AvgIpc) is 2.49. The lowest BCUT2D eigenvalue weighted by molar-refractivity contribution is -0.277. The molecule has 124 valence electrons. The van der Waals surface area contributed by atoms with Gasteiger partial charge in [0, 0.05) is 0 Å². The third-order valence-corrected chi connectivity index (χ3v) is 3.09. The molecule has 0 aliphatic carbocycles. The van der Waals surface area contributed by atoms with Gasteiger partial charge in [0.2, 0.25) is 0 Å². The van der Waals surface area contributed by atoms with Crippen LogP contribution in [0, 0.1) is 0 Å². The lowest BCUT2D eigenvalue weighted by Crippen LogP contribution is -2.54. The summed E-state index contributed by atoms with van der Waals surface area (Å²) in [7, 11) is 0. The summed E-state index contributed by atoms with van der Waals surface area (Å²) in [6.07, 6.45) is -11.3. The molecular weight excluding hydrogens is 292 g/mol. The molecule has 0 aromatic heterocycles. The highest BCUT2D eigenvalue weighted by atomic mass is 16.7. The van der Waals surface area contributed by atoms with Crippen molar-refractivity contribution in [1.82, 2.24) is 0 Å². The predicted octanol–water partition coefficient (Wildman–Crippen LogP) is -4.91. The molecule has 7 N–H and O–H groups in total. The van der Waals surface area contributed by atoms with Crippen LogP contribution in [0.1, 0.15) is 0 Å². The molecule has 0 aromatic rings. The molecule has 1 aliphatic rings. The van der Waals surface area contributed by atoms with E-state index in [1.54, 1.807) is 0 Å². The van der Waals surface area contributed by atoms with Crippen LogP contribution < -0.4 is 0 Å². The second-order valence-corrected chi connectivity index (χ2v) is 4.71. The first-order chi connectivity index (χ1) is 9.79. The molecule has 0 saturated carbocycles. The predicted molar refractivity (Wildman–Crippen MR) is 63.8 cm³/mol. The zero-order chi connectivity index (χ0) is 16.2. The molecule has 21 heavy (non-hydrogen) atoms. The molecule has 0 unspecified atom stereocenters. The second-order valence-electron chi connectivity index (χ2n) is 4.71. The summed E-state index contributed by atoms with van der Waals surface area (Å²) in [5.74, 6) is -1.07. The molecule has 1 fully saturated rings. The van der Waals surface area contributed by atoms with Gasteiger partial charge in [-0.2, -0.15) is 0 Å². The van der Waals surface area contributed by atoms with Crippen molar-refractivity contribution in [3.8, 4) is 0 Å². The third kappa shape index (κ3) is 4.64. The van der Waals surface area contributed by atoms with Crippen molar-refractivity contribution in [2.24, 2.45) is 0 Å². The normalized spacial score (nSPS) is 34.2. The van der Waals surface area contributed by atoms with Gasteiger partial charge in [0.1, 0.15) is 43.2 Å². The van der Waals surface area contributed by atoms with Crippen molar-refractivity contribution in [3.05, 3.63) is 0 Å². The minimum absolute atomic E-state index is 0.298. The molecule has 1 saturated heterocycles. The fourth-order valence-electron chi connectivity index (χ4n) is 1.71. The largest absolute Gasteiger partial charge is 0.388 e. The monoisotopic (exact) mass is 312 g/mol. The standard InChI is InChI=1S/C11H20O10/c12-1-4(13)7(16)8(17)5(14)2-20-11-10(19)9(18)6(15)3-21-11/h5-12,14-19H,1-3H2/t5-,6-,7-,8-,9+,10-,11-/m1/s1. The smallest absolute Gasteiger partial charge is 0.189 e. The van der Waals surface area contributed by atoms with Crippen LogP contribution in [0.5, 0.6) is 0 Å². The van der Waals surface area contributed by atoms with Crippen molar-refractivity contribution in [3.63, 3.8) is 0 Å². The first-order valence-corrected chi connectivity index (χ1v) is 6.24. The van der Waals surface area contributed by atoms with E-state index in [1.807, 2.05) is 0 Å². The zero-order valence-corrected chi connectivity index (χ0v) is 11.0. The average molecular weight is 312 g/mol. The van der Waals surface area contributed by atoms with Gasteiger partial charge in [-0.15, -0.1) is 0 Å². The van der Waals surface area contributed by atoms with E-state index in [0.29, 0.717) is 0 Å². The van der Waals surface area contributed by atoms with Crippen LogP contribution in [0.4, 0.5) is 0 Å². The Hall–Kier alpha value is -0.690. The highest BCUT2D eigenvalue weighted by Gasteiger charge is 2.39. The Balaban J connectivity index is 2.45. The number of hydrogen-bond acceptors (Lipinski definition) is 10. The Kier molecular flexibility index (Phi) is 7.06. The summed E-state index contributed by atoms with van der Waals surface area (Å²) in [4.78, 5) is 11.0. The molecule has 10 heteroatoms. The summed E-state index contributed by atoms with van der Waals surface area (Å²) < 4.78 is 9.81. The Morgan fingerprint density at radius 3 is 2.38 bits per heavy atom. The third-order valence-electron chi connectivity index (χ3n) is 3.09. The number of carbonyl (C=O) groups is 1. The second kappa shape index (κ2) is 8.08. The fourth-order valence-corrected chi connectivity index (χ4v) is 1.71. The number of rotatable bonds is 7. The molecule has 0 amide bonds. The Bertz CT molecular complexity index is 337. The highest BCUT2D eigenvalue weighted by Crippen LogP contribution is 2.17. The van der Waals surface area contributed by atoms with Gasteiger partial charge in [-0.1, -0.05) is 0 Å². The molecule has 1 aliphatic heterocycles. The Morgan fingerprint density at radius 2 is 1.81 bits per heavy atom. The van der Waals surface area contributed by atoms with Crippen LogP contribution in [0.25, 0.3) is 0 Å². The zero-order valence-electron chi connectivity index (χ0n) is 11.0. The maximum absolute atomic E-state index is 11.0. The van der Waals surface area contributed by atoms with Gasteiger partial charge in [0.15, 0.2) is 12.1 Å². The van der Waals surface area contributed by atoms with E-state index in [9.17, 15) is 35.4 Å². The number of ketones is 1. The molecule has 10 nitrogen and oxygen atoms in total. The minimum Gasteiger partial charge on any atom is -0.388 e. The van der Waals surface area contributed by atoms with E-state index in [2.05, 4.69) is 0 Å². The van der Waals surface area contributed by atoms with Crippen molar-refractivity contribution in [1.29, 1.82) is 0 Å². The maximum atomic E-state index is 11.0. The van der Waals surface area contributed by atoms with E-state index < -0.39 is 61.9 Å². The van der Waals surface area contributed by atoms with Crippen LogP contribution in [0.15, 0.2) is 0 Å². The number of ether oxygens (including phenoxy) is 2. The van der Waals surface area contributed by atoms with Crippen molar-refractivity contribution >= 4 is 5.78 Å². The van der Waals surface area contributed by atoms with Crippen molar-refractivity contribution in [2.45, 2.75) is 42.9 Å². The molecule has 0 radical (unpaired) electrons. The summed E-state index contributed by atoms with van der Waals surface area (Å²) in [6, 6.07) is 0. The van der Waals surface area contributed by atoms with Gasteiger partial charge in [0.25, 0.3) is 0 Å². The summed E-state index contributed by atoms with van der Waals surface area (Å²) in [5.41, 5.74) is 0. The first kappa shape index (κ1) is 18.4. The molecule has 1 heterocycles. The van der Waals surface area contributed by atoms with E-state index in [4.69, 9.17) is 14.6 Å². The van der Waals surface area contributed by atoms with E-state index >= 15 is 0 Å². The first-order valence-electron chi connectivity index (χ1n) is 6.24. The van der Waals surface area contributed by atoms with Gasteiger partial charge in [-0.3, -0.25) is 4.79 Å². The SMILES string of the molecule is O=C(CO)[C@@H](O)[C@H](O)[C@H](O)CO[C@@H]1OC[C@@H](O)[C@H](O)[C@H]1O. The Morgan fingerprint density at radius 1 is 1.19 bits per heavy atom.